The molecule has 0 amide bonds. The SMILES string of the molecule is CCCCCCCCCC(=O)O.CCCCCCCCCC(=O)O.CCCCCCCCCC(=O)O.CCCCCCCCCC(=O)O.CCCCCCCCCC(=O)O.CCCCCCCCCC(=O)O.CCCCCCCCCC(=O)O.CCCCCCCCCC(=O)O.CCCCCCCCCC(=O)O.NC(CS)C(=O)O. The maximum atomic E-state index is 10.1. The third-order valence-electron chi connectivity index (χ3n) is 18.5. The van der Waals surface area contributed by atoms with Crippen LogP contribution in [0, 0.1) is 0 Å². The van der Waals surface area contributed by atoms with E-state index in [1.165, 1.54) is 289 Å². The van der Waals surface area contributed by atoms with E-state index < -0.39 is 65.7 Å². The molecule has 12 N–H and O–H groups in total. The van der Waals surface area contributed by atoms with Crippen molar-refractivity contribution in [2.75, 3.05) is 5.75 Å². The van der Waals surface area contributed by atoms with Crippen LogP contribution in [-0.4, -0.2) is 123 Å². The lowest BCUT2D eigenvalue weighted by atomic mass is 10.1. The van der Waals surface area contributed by atoms with Crippen LogP contribution in [0.4, 0.5) is 0 Å². The molecule has 0 bridgehead atoms. The van der Waals surface area contributed by atoms with Gasteiger partial charge in [0.25, 0.3) is 0 Å². The number of hydrogen-bond acceptors (Lipinski definition) is 12. The van der Waals surface area contributed by atoms with Crippen LogP contribution in [0.3, 0.4) is 0 Å². The summed E-state index contributed by atoms with van der Waals surface area (Å²) in [6.45, 7) is 19.8. The number of carboxylic acid groups (broad SMARTS) is 10. The minimum Gasteiger partial charge on any atom is -0.481 e. The van der Waals surface area contributed by atoms with Gasteiger partial charge in [-0.3, -0.25) is 47.9 Å². The minimum absolute atomic E-state index is 0.190. The quantitative estimate of drug-likeness (QED) is 0.0199. The Morgan fingerprint density at radius 3 is 0.304 bits per heavy atom. The first-order valence-corrected chi connectivity index (χ1v) is 47.3. The second-order valence-corrected chi connectivity index (χ2v) is 30.9. The fourth-order valence-electron chi connectivity index (χ4n) is 11.2. The van der Waals surface area contributed by atoms with Gasteiger partial charge in [-0.05, 0) is 57.8 Å². The molecule has 0 fully saturated rings. The van der Waals surface area contributed by atoms with Crippen LogP contribution in [0.5, 0.6) is 0 Å². The molecule has 0 aromatic carbocycles. The van der Waals surface area contributed by atoms with Crippen molar-refractivity contribution in [3.8, 4) is 0 Å². The second-order valence-electron chi connectivity index (χ2n) is 30.5. The topological polar surface area (TPSA) is 399 Å². The number of aliphatic carboxylic acids is 10. The minimum atomic E-state index is -1.00. The van der Waals surface area contributed by atoms with E-state index in [1.54, 1.807) is 0 Å². The van der Waals surface area contributed by atoms with Crippen LogP contribution < -0.4 is 5.73 Å². The summed E-state index contributed by atoms with van der Waals surface area (Å²) in [6.07, 6.45) is 77.8. The fraction of sp³-hybridized carbons (Fsp3) is 0.892. The summed E-state index contributed by atoms with van der Waals surface area (Å²) < 4.78 is 0. The predicted molar refractivity (Wildman–Crippen MR) is 482 cm³/mol. The Morgan fingerprint density at radius 2 is 0.252 bits per heavy atom. The summed E-state index contributed by atoms with van der Waals surface area (Å²) in [5.41, 5.74) is 4.94. The molecule has 1 unspecified atom stereocenters. The van der Waals surface area contributed by atoms with Gasteiger partial charge in [0.05, 0.1) is 0 Å². The number of carboxylic acids is 10. The number of carbonyl (C=O) groups is 10. The highest BCUT2D eigenvalue weighted by molar-refractivity contribution is 7.80. The van der Waals surface area contributed by atoms with Gasteiger partial charge in [0.1, 0.15) is 6.04 Å². The predicted octanol–water partition coefficient (Wildman–Crippen LogP) is 28.2. The van der Waals surface area contributed by atoms with Crippen LogP contribution in [0.2, 0.25) is 0 Å². The standard InChI is InChI=1S/9C10H20O2.C3H7NO2S/c9*1-2-3-4-5-6-7-8-9-10(11)12;4-2(1-7)3(5)6/h9*2-9H2,1H3,(H,11,12);2,7H,1,4H2,(H,5,6). The van der Waals surface area contributed by atoms with Gasteiger partial charge in [0.2, 0.25) is 0 Å². The van der Waals surface area contributed by atoms with E-state index in [-0.39, 0.29) is 5.75 Å². The van der Waals surface area contributed by atoms with Crippen LogP contribution in [0.15, 0.2) is 0 Å². The van der Waals surface area contributed by atoms with Crippen LogP contribution in [0.25, 0.3) is 0 Å². The molecule has 0 saturated heterocycles. The lowest BCUT2D eigenvalue weighted by Gasteiger charge is -1.98. The van der Waals surface area contributed by atoms with Crippen molar-refractivity contribution in [1.82, 2.24) is 0 Å². The Balaban J connectivity index is -0.000000133. The molecule has 0 aliphatic rings. The Kier molecular flexibility index (Phi) is 142. The molecule has 22 heteroatoms. The highest BCUT2D eigenvalue weighted by atomic mass is 32.1. The van der Waals surface area contributed by atoms with Gasteiger partial charge in [0, 0.05) is 63.5 Å². The number of hydrogen-bond donors (Lipinski definition) is 12. The van der Waals surface area contributed by atoms with Crippen molar-refractivity contribution >= 4 is 72.3 Å². The molecule has 0 aromatic rings. The van der Waals surface area contributed by atoms with Gasteiger partial charge in [-0.2, -0.15) is 12.6 Å². The molecule has 115 heavy (non-hydrogen) atoms. The molecule has 1 atom stereocenters. The van der Waals surface area contributed by atoms with Crippen molar-refractivity contribution < 1.29 is 99.0 Å². The summed E-state index contributed by atoms with van der Waals surface area (Å²) in [6, 6.07) is -0.816. The summed E-state index contributed by atoms with van der Waals surface area (Å²) in [4.78, 5) is 101. The average Bonchev–Trinajstić information content (AvgIpc) is 1.11. The fourth-order valence-corrected chi connectivity index (χ4v) is 11.3. The molecule has 0 aliphatic carbocycles. The summed E-state index contributed by atoms with van der Waals surface area (Å²) >= 11 is 3.65. The van der Waals surface area contributed by atoms with E-state index in [9.17, 15) is 47.9 Å². The third kappa shape index (κ3) is 186. The molecular formula is C93H187NO20S. The molecule has 0 aliphatic heterocycles. The van der Waals surface area contributed by atoms with Crippen LogP contribution in [0.1, 0.15) is 525 Å². The van der Waals surface area contributed by atoms with E-state index in [4.69, 9.17) is 56.8 Å². The molecule has 21 nitrogen and oxygen atoms in total. The Bertz CT molecular complexity index is 1580. The maximum Gasteiger partial charge on any atom is 0.321 e. The zero-order valence-corrected chi connectivity index (χ0v) is 76.7. The molecule has 0 radical (unpaired) electrons. The van der Waals surface area contributed by atoms with Gasteiger partial charge >= 0.3 is 59.7 Å². The summed E-state index contributed by atoms with van der Waals surface area (Å²) in [7, 11) is 0. The first-order valence-electron chi connectivity index (χ1n) is 46.7. The van der Waals surface area contributed by atoms with E-state index >= 15 is 0 Å². The van der Waals surface area contributed by atoms with Crippen molar-refractivity contribution in [2.45, 2.75) is 531 Å². The normalized spacial score (nSPS) is 10.3. The highest BCUT2D eigenvalue weighted by Crippen LogP contribution is 2.15. The third-order valence-corrected chi connectivity index (χ3v) is 18.9. The largest absolute Gasteiger partial charge is 0.481 e. The Morgan fingerprint density at radius 1 is 0.174 bits per heavy atom. The number of thiol groups is 1. The van der Waals surface area contributed by atoms with Gasteiger partial charge in [0.15, 0.2) is 0 Å². The van der Waals surface area contributed by atoms with Gasteiger partial charge in [-0.25, -0.2) is 0 Å². The zero-order valence-electron chi connectivity index (χ0n) is 75.8. The van der Waals surface area contributed by atoms with Gasteiger partial charge < -0.3 is 56.8 Å². The van der Waals surface area contributed by atoms with Crippen molar-refractivity contribution in [3.05, 3.63) is 0 Å². The smallest absolute Gasteiger partial charge is 0.321 e. The Hall–Kier alpha value is -4.99. The lowest BCUT2D eigenvalue weighted by molar-refractivity contribution is -0.138. The monoisotopic (exact) mass is 1670 g/mol. The maximum absolute atomic E-state index is 10.1. The molecule has 0 saturated carbocycles. The van der Waals surface area contributed by atoms with Crippen molar-refractivity contribution in [3.63, 3.8) is 0 Å². The second kappa shape index (κ2) is 125. The van der Waals surface area contributed by atoms with E-state index in [2.05, 4.69) is 74.9 Å². The Labute approximate surface area is 709 Å². The van der Waals surface area contributed by atoms with Crippen molar-refractivity contribution in [2.24, 2.45) is 5.73 Å². The number of nitrogens with two attached hydrogens (primary N) is 1. The number of unbranched alkanes of at least 4 members (excludes halogenated alkanes) is 54. The summed E-state index contributed by atoms with van der Waals surface area (Å²) in [5, 5.41) is 83.2. The zero-order chi connectivity index (χ0) is 89.0. The highest BCUT2D eigenvalue weighted by Gasteiger charge is 2.07. The molecule has 0 heterocycles. The van der Waals surface area contributed by atoms with E-state index in [0.717, 1.165) is 116 Å². The molecular weight excluding hydrogens is 1480 g/mol. The van der Waals surface area contributed by atoms with E-state index in [0.29, 0.717) is 57.8 Å². The first-order chi connectivity index (χ1) is 55.1. The van der Waals surface area contributed by atoms with Gasteiger partial charge in [-0.15, -0.1) is 0 Å². The molecule has 0 rings (SSSR count). The molecule has 690 valence electrons. The van der Waals surface area contributed by atoms with Crippen LogP contribution >= 0.6 is 12.6 Å². The first kappa shape index (κ1) is 131. The van der Waals surface area contributed by atoms with Crippen molar-refractivity contribution in [1.29, 1.82) is 0 Å². The van der Waals surface area contributed by atoms with E-state index in [1.807, 2.05) is 0 Å². The summed E-state index contributed by atoms with van der Waals surface area (Å²) in [5.74, 6) is -6.79. The lowest BCUT2D eigenvalue weighted by Crippen LogP contribution is -2.31. The number of rotatable bonds is 74. The molecule has 0 aromatic heterocycles. The average molecular weight is 1670 g/mol. The molecule has 0 spiro atoms. The van der Waals surface area contributed by atoms with Crippen LogP contribution in [-0.2, 0) is 47.9 Å². The van der Waals surface area contributed by atoms with Gasteiger partial charge in [-0.1, -0.05) is 409 Å².